The Bertz CT molecular complexity index is 1060. The summed E-state index contributed by atoms with van der Waals surface area (Å²) in [6.45, 7) is 4.66. The molecule has 10 nitrogen and oxygen atoms in total. The highest BCUT2D eigenvalue weighted by atomic mass is 16.5. The standard InChI is InChI=1S/C26H34N4O6/c1-17-13-30(25(32)19-7-6-10-27-12-19)18(2)15-36-22-11-20(28-24(31)16-34-4)8-9-21(22)26(33)29(3)14-23(17)35-5/h6-12,17-18,23H,13-16H2,1-5H3,(H,28,31)/t17-,18-,23-/m1/s1. The van der Waals surface area contributed by atoms with Crippen molar-refractivity contribution in [1.82, 2.24) is 14.8 Å². The van der Waals surface area contributed by atoms with E-state index in [1.54, 1.807) is 66.7 Å². The third-order valence-electron chi connectivity index (χ3n) is 6.18. The van der Waals surface area contributed by atoms with Gasteiger partial charge in [-0.2, -0.15) is 0 Å². The van der Waals surface area contributed by atoms with Crippen molar-refractivity contribution in [3.63, 3.8) is 0 Å². The summed E-state index contributed by atoms with van der Waals surface area (Å²) in [6, 6.07) is 8.00. The molecule has 0 saturated carbocycles. The van der Waals surface area contributed by atoms with E-state index < -0.39 is 0 Å². The number of fused-ring (bicyclic) bond motifs is 1. The topological polar surface area (TPSA) is 110 Å². The van der Waals surface area contributed by atoms with Crippen LogP contribution in [0.4, 0.5) is 5.69 Å². The van der Waals surface area contributed by atoms with Gasteiger partial charge in [0.1, 0.15) is 19.0 Å². The quantitative estimate of drug-likeness (QED) is 0.674. The van der Waals surface area contributed by atoms with E-state index >= 15 is 0 Å². The van der Waals surface area contributed by atoms with Crippen LogP contribution >= 0.6 is 0 Å². The van der Waals surface area contributed by atoms with Gasteiger partial charge in [-0.25, -0.2) is 0 Å². The van der Waals surface area contributed by atoms with Gasteiger partial charge in [-0.1, -0.05) is 6.92 Å². The van der Waals surface area contributed by atoms with Crippen molar-refractivity contribution in [3.8, 4) is 5.75 Å². The molecule has 2 heterocycles. The number of hydrogen-bond acceptors (Lipinski definition) is 7. The van der Waals surface area contributed by atoms with E-state index in [0.717, 1.165) is 0 Å². The van der Waals surface area contributed by atoms with E-state index in [4.69, 9.17) is 14.2 Å². The normalized spacial score (nSPS) is 21.0. The Balaban J connectivity index is 1.97. The van der Waals surface area contributed by atoms with Gasteiger partial charge in [0, 0.05) is 64.4 Å². The molecule has 0 fully saturated rings. The maximum atomic E-state index is 13.4. The molecule has 0 spiro atoms. The average molecular weight is 499 g/mol. The molecule has 0 unspecified atom stereocenters. The van der Waals surface area contributed by atoms with Crippen molar-refractivity contribution in [2.45, 2.75) is 26.0 Å². The number of ether oxygens (including phenoxy) is 3. The number of aromatic nitrogens is 1. The molecule has 3 rings (SSSR count). The van der Waals surface area contributed by atoms with Crippen molar-refractivity contribution >= 4 is 23.4 Å². The van der Waals surface area contributed by atoms with Crippen LogP contribution in [0.5, 0.6) is 5.75 Å². The summed E-state index contributed by atoms with van der Waals surface area (Å²) < 4.78 is 16.7. The van der Waals surface area contributed by atoms with Gasteiger partial charge >= 0.3 is 0 Å². The average Bonchev–Trinajstić information content (AvgIpc) is 2.88. The first kappa shape index (κ1) is 27.1. The molecular weight excluding hydrogens is 464 g/mol. The summed E-state index contributed by atoms with van der Waals surface area (Å²) in [5.41, 5.74) is 1.30. The number of nitrogens with zero attached hydrogens (tertiary/aromatic N) is 3. The lowest BCUT2D eigenvalue weighted by Gasteiger charge is -2.36. The Morgan fingerprint density at radius 3 is 2.64 bits per heavy atom. The minimum Gasteiger partial charge on any atom is -0.491 e. The number of hydrogen-bond donors (Lipinski definition) is 1. The van der Waals surface area contributed by atoms with Gasteiger partial charge in [-0.3, -0.25) is 19.4 Å². The highest BCUT2D eigenvalue weighted by Gasteiger charge is 2.31. The third-order valence-corrected chi connectivity index (χ3v) is 6.18. The largest absolute Gasteiger partial charge is 0.491 e. The predicted molar refractivity (Wildman–Crippen MR) is 134 cm³/mol. The number of likely N-dealkylation sites (N-methyl/N-ethyl adjacent to an activating group) is 1. The molecule has 36 heavy (non-hydrogen) atoms. The van der Waals surface area contributed by atoms with Gasteiger partial charge in [-0.05, 0) is 31.2 Å². The summed E-state index contributed by atoms with van der Waals surface area (Å²) in [5, 5.41) is 2.73. The maximum absolute atomic E-state index is 13.4. The van der Waals surface area contributed by atoms with Gasteiger partial charge in [-0.15, -0.1) is 0 Å². The fourth-order valence-electron chi connectivity index (χ4n) is 4.12. The fourth-order valence-corrected chi connectivity index (χ4v) is 4.12. The molecule has 3 amide bonds. The molecule has 10 heteroatoms. The Morgan fingerprint density at radius 2 is 1.97 bits per heavy atom. The summed E-state index contributed by atoms with van der Waals surface area (Å²) in [4.78, 5) is 46.1. The summed E-state index contributed by atoms with van der Waals surface area (Å²) in [7, 11) is 4.74. The van der Waals surface area contributed by atoms with Crippen molar-refractivity contribution in [2.75, 3.05) is 52.9 Å². The van der Waals surface area contributed by atoms with Gasteiger partial charge in [0.25, 0.3) is 11.8 Å². The molecule has 1 aliphatic heterocycles. The van der Waals surface area contributed by atoms with Crippen LogP contribution in [0.25, 0.3) is 0 Å². The molecule has 0 aliphatic carbocycles. The SMILES string of the molecule is COCC(=O)Nc1ccc2c(c1)OC[C@@H](C)N(C(=O)c1cccnc1)C[C@@H](C)[C@H](OC)CN(C)C2=O. The van der Waals surface area contributed by atoms with Crippen LogP contribution in [0.3, 0.4) is 0 Å². The molecule has 1 aliphatic rings. The molecule has 0 saturated heterocycles. The van der Waals surface area contributed by atoms with Crippen LogP contribution in [0.1, 0.15) is 34.6 Å². The number of rotatable bonds is 5. The smallest absolute Gasteiger partial charge is 0.257 e. The van der Waals surface area contributed by atoms with Crippen molar-refractivity contribution < 1.29 is 28.6 Å². The Hall–Kier alpha value is -3.50. The Kier molecular flexibility index (Phi) is 9.38. The molecule has 1 aromatic carbocycles. The molecule has 3 atom stereocenters. The van der Waals surface area contributed by atoms with Crippen molar-refractivity contribution in [1.29, 1.82) is 0 Å². The Labute approximate surface area is 211 Å². The summed E-state index contributed by atoms with van der Waals surface area (Å²) >= 11 is 0. The first-order chi connectivity index (χ1) is 17.2. The highest BCUT2D eigenvalue weighted by molar-refractivity contribution is 5.98. The lowest BCUT2D eigenvalue weighted by atomic mass is 10.0. The summed E-state index contributed by atoms with van der Waals surface area (Å²) in [5.74, 6) is -0.475. The minimum atomic E-state index is -0.329. The van der Waals surface area contributed by atoms with Crippen molar-refractivity contribution in [3.05, 3.63) is 53.9 Å². The molecule has 0 radical (unpaired) electrons. The van der Waals surface area contributed by atoms with Crippen LogP contribution in [0, 0.1) is 5.92 Å². The zero-order valence-electron chi connectivity index (χ0n) is 21.4. The second-order valence-electron chi connectivity index (χ2n) is 8.99. The number of pyridine rings is 1. The monoisotopic (exact) mass is 498 g/mol. The van der Waals surface area contributed by atoms with Crippen LogP contribution in [0.2, 0.25) is 0 Å². The lowest BCUT2D eigenvalue weighted by Crippen LogP contribution is -2.48. The molecule has 1 N–H and O–H groups in total. The van der Waals surface area contributed by atoms with Crippen LogP contribution < -0.4 is 10.1 Å². The first-order valence-corrected chi connectivity index (χ1v) is 11.8. The third kappa shape index (κ3) is 6.58. The molecular formula is C26H34N4O6. The van der Waals surface area contributed by atoms with E-state index in [1.807, 2.05) is 13.8 Å². The van der Waals surface area contributed by atoms with Crippen LogP contribution in [0.15, 0.2) is 42.7 Å². The second kappa shape index (κ2) is 12.5. The number of anilines is 1. The van der Waals surface area contributed by atoms with Crippen LogP contribution in [-0.4, -0.2) is 92.2 Å². The van der Waals surface area contributed by atoms with Crippen LogP contribution in [-0.2, 0) is 14.3 Å². The number of carbonyl (C=O) groups is 3. The number of amides is 3. The molecule has 2 aromatic rings. The first-order valence-electron chi connectivity index (χ1n) is 11.8. The summed E-state index contributed by atoms with van der Waals surface area (Å²) in [6.07, 6.45) is 2.86. The van der Waals surface area contributed by atoms with E-state index in [2.05, 4.69) is 10.3 Å². The number of methoxy groups -OCH3 is 2. The number of carbonyl (C=O) groups excluding carboxylic acids is 3. The second-order valence-corrected chi connectivity index (χ2v) is 8.99. The lowest BCUT2D eigenvalue weighted by molar-refractivity contribution is -0.119. The van der Waals surface area contributed by atoms with E-state index in [9.17, 15) is 14.4 Å². The van der Waals surface area contributed by atoms with Crippen molar-refractivity contribution in [2.24, 2.45) is 5.92 Å². The van der Waals surface area contributed by atoms with E-state index in [-0.39, 0.29) is 49.0 Å². The fraction of sp³-hybridized carbons (Fsp3) is 0.462. The molecule has 194 valence electrons. The van der Waals surface area contributed by atoms with Gasteiger partial charge in [0.05, 0.1) is 23.3 Å². The molecule has 1 aromatic heterocycles. The molecule has 0 bridgehead atoms. The zero-order chi connectivity index (χ0) is 26.2. The number of benzene rings is 1. The van der Waals surface area contributed by atoms with Gasteiger partial charge in [0.2, 0.25) is 5.91 Å². The number of nitrogens with one attached hydrogen (secondary N) is 1. The highest BCUT2D eigenvalue weighted by Crippen LogP contribution is 2.27. The zero-order valence-corrected chi connectivity index (χ0v) is 21.4. The van der Waals surface area contributed by atoms with Gasteiger partial charge < -0.3 is 29.3 Å². The van der Waals surface area contributed by atoms with E-state index in [0.29, 0.717) is 35.7 Å². The maximum Gasteiger partial charge on any atom is 0.257 e. The predicted octanol–water partition coefficient (Wildman–Crippen LogP) is 2.31. The Morgan fingerprint density at radius 1 is 1.19 bits per heavy atom. The minimum absolute atomic E-state index is 0.0643. The van der Waals surface area contributed by atoms with E-state index in [1.165, 1.54) is 7.11 Å². The van der Waals surface area contributed by atoms with Gasteiger partial charge in [0.15, 0.2) is 0 Å².